The summed E-state index contributed by atoms with van der Waals surface area (Å²) in [5, 5.41) is 8.20. The molecule has 0 radical (unpaired) electrons. The number of likely N-dealkylation sites (tertiary alicyclic amines) is 1. The molecule has 4 rings (SSSR count). The molecule has 1 saturated heterocycles. The molecule has 24 heavy (non-hydrogen) atoms. The second kappa shape index (κ2) is 5.96. The molecular weight excluding hydrogens is 304 g/mol. The Labute approximate surface area is 139 Å². The van der Waals surface area contributed by atoms with Crippen molar-refractivity contribution in [2.45, 2.75) is 18.9 Å². The number of nitrogens with zero attached hydrogens (tertiary/aromatic N) is 4. The standard InChI is InChI=1S/C18H18N4O2/c1-21-12-14(11-19-21)16-8-5-9-22(16)18(23)15-10-17(24-20-15)13-6-3-2-4-7-13/h2-4,6-7,10-12,16H,5,8-9H2,1H3/t16-/m1/s1. The first-order valence-electron chi connectivity index (χ1n) is 8.04. The van der Waals surface area contributed by atoms with Crippen LogP contribution >= 0.6 is 0 Å². The summed E-state index contributed by atoms with van der Waals surface area (Å²) in [6.45, 7) is 0.728. The van der Waals surface area contributed by atoms with Crippen molar-refractivity contribution in [3.8, 4) is 11.3 Å². The molecule has 3 aromatic rings. The number of amides is 1. The molecule has 0 bridgehead atoms. The van der Waals surface area contributed by atoms with Crippen LogP contribution in [-0.4, -0.2) is 32.3 Å². The van der Waals surface area contributed by atoms with Crippen molar-refractivity contribution in [1.29, 1.82) is 0 Å². The van der Waals surface area contributed by atoms with Crippen LogP contribution in [0.4, 0.5) is 0 Å². The summed E-state index contributed by atoms with van der Waals surface area (Å²) in [5.74, 6) is 0.517. The molecule has 0 N–H and O–H groups in total. The highest BCUT2D eigenvalue weighted by Crippen LogP contribution is 2.33. The Kier molecular flexibility index (Phi) is 3.65. The first-order valence-corrected chi connectivity index (χ1v) is 8.04. The predicted molar refractivity (Wildman–Crippen MR) is 88.2 cm³/mol. The topological polar surface area (TPSA) is 64.2 Å². The van der Waals surface area contributed by atoms with E-state index in [1.165, 1.54) is 0 Å². The van der Waals surface area contributed by atoms with E-state index < -0.39 is 0 Å². The molecule has 0 aliphatic carbocycles. The van der Waals surface area contributed by atoms with Gasteiger partial charge in [-0.2, -0.15) is 5.10 Å². The third-order valence-corrected chi connectivity index (χ3v) is 4.41. The molecule has 122 valence electrons. The highest BCUT2D eigenvalue weighted by Gasteiger charge is 2.32. The van der Waals surface area contributed by atoms with E-state index in [2.05, 4.69) is 10.3 Å². The van der Waals surface area contributed by atoms with Crippen LogP contribution in [-0.2, 0) is 7.05 Å². The number of carbonyl (C=O) groups is 1. The van der Waals surface area contributed by atoms with Gasteiger partial charge < -0.3 is 9.42 Å². The molecule has 1 aliphatic heterocycles. The molecule has 1 fully saturated rings. The predicted octanol–water partition coefficient (Wildman–Crippen LogP) is 3.05. The molecule has 1 amide bonds. The van der Waals surface area contributed by atoms with Crippen LogP contribution in [0.3, 0.4) is 0 Å². The quantitative estimate of drug-likeness (QED) is 0.743. The van der Waals surface area contributed by atoms with E-state index in [9.17, 15) is 4.79 Å². The van der Waals surface area contributed by atoms with E-state index >= 15 is 0 Å². The van der Waals surface area contributed by atoms with Crippen molar-refractivity contribution in [2.75, 3.05) is 6.54 Å². The van der Waals surface area contributed by atoms with Gasteiger partial charge in [0.2, 0.25) is 0 Å². The fraction of sp³-hybridized carbons (Fsp3) is 0.278. The smallest absolute Gasteiger partial charge is 0.276 e. The summed E-state index contributed by atoms with van der Waals surface area (Å²) < 4.78 is 7.13. The number of hydrogen-bond acceptors (Lipinski definition) is 4. The molecule has 6 heteroatoms. The minimum Gasteiger partial charge on any atom is -0.355 e. The third kappa shape index (κ3) is 2.60. The highest BCUT2D eigenvalue weighted by molar-refractivity contribution is 5.93. The van der Waals surface area contributed by atoms with Gasteiger partial charge in [0.05, 0.1) is 12.2 Å². The lowest BCUT2D eigenvalue weighted by molar-refractivity contribution is 0.0725. The molecule has 3 heterocycles. The van der Waals surface area contributed by atoms with Gasteiger partial charge in [0.15, 0.2) is 11.5 Å². The van der Waals surface area contributed by atoms with Gasteiger partial charge >= 0.3 is 0 Å². The summed E-state index contributed by atoms with van der Waals surface area (Å²) in [6, 6.07) is 11.4. The summed E-state index contributed by atoms with van der Waals surface area (Å²) >= 11 is 0. The van der Waals surface area contributed by atoms with Crippen LogP contribution in [0.5, 0.6) is 0 Å². The molecule has 6 nitrogen and oxygen atoms in total. The Balaban J connectivity index is 1.58. The Hall–Kier alpha value is -2.89. The average molecular weight is 322 g/mol. The summed E-state index contributed by atoms with van der Waals surface area (Å²) in [5.41, 5.74) is 2.33. The maximum absolute atomic E-state index is 12.9. The molecule has 2 aromatic heterocycles. The van der Waals surface area contributed by atoms with E-state index in [0.717, 1.165) is 30.5 Å². The van der Waals surface area contributed by atoms with Gasteiger partial charge in [0.25, 0.3) is 5.91 Å². The molecular formula is C18H18N4O2. The van der Waals surface area contributed by atoms with Crippen LogP contribution in [0.25, 0.3) is 11.3 Å². The molecule has 0 spiro atoms. The molecule has 0 unspecified atom stereocenters. The van der Waals surface area contributed by atoms with Crippen molar-refractivity contribution >= 4 is 5.91 Å². The first-order chi connectivity index (χ1) is 11.7. The number of aromatic nitrogens is 3. The van der Waals surface area contributed by atoms with Crippen molar-refractivity contribution in [2.24, 2.45) is 7.05 Å². The lowest BCUT2D eigenvalue weighted by atomic mass is 10.1. The summed E-state index contributed by atoms with van der Waals surface area (Å²) in [4.78, 5) is 14.7. The van der Waals surface area contributed by atoms with Crippen molar-refractivity contribution in [3.05, 3.63) is 60.0 Å². The SMILES string of the molecule is Cn1cc([C@H]2CCCN2C(=O)c2cc(-c3ccccc3)on2)cn1. The second-order valence-corrected chi connectivity index (χ2v) is 6.05. The number of aryl methyl sites for hydroxylation is 1. The van der Waals surface area contributed by atoms with Gasteiger partial charge in [0.1, 0.15) is 0 Å². The van der Waals surface area contributed by atoms with E-state index in [0.29, 0.717) is 11.5 Å². The number of hydrogen-bond donors (Lipinski definition) is 0. The zero-order valence-corrected chi connectivity index (χ0v) is 13.4. The third-order valence-electron chi connectivity index (χ3n) is 4.41. The fourth-order valence-electron chi connectivity index (χ4n) is 3.23. The highest BCUT2D eigenvalue weighted by atomic mass is 16.5. The normalized spacial score (nSPS) is 17.4. The zero-order chi connectivity index (χ0) is 16.5. The van der Waals surface area contributed by atoms with Crippen LogP contribution in [0.1, 0.15) is 34.9 Å². The summed E-state index contributed by atoms with van der Waals surface area (Å²) in [7, 11) is 1.88. The van der Waals surface area contributed by atoms with E-state index in [4.69, 9.17) is 4.52 Å². The minimum absolute atomic E-state index is 0.0584. The molecule has 0 saturated carbocycles. The van der Waals surface area contributed by atoms with Gasteiger partial charge in [0, 0.05) is 37.0 Å². The van der Waals surface area contributed by atoms with Crippen molar-refractivity contribution < 1.29 is 9.32 Å². The lowest BCUT2D eigenvalue weighted by Crippen LogP contribution is -2.30. The molecule has 1 atom stereocenters. The summed E-state index contributed by atoms with van der Waals surface area (Å²) in [6.07, 6.45) is 5.72. The van der Waals surface area contributed by atoms with Crippen molar-refractivity contribution in [3.63, 3.8) is 0 Å². The number of benzene rings is 1. The fourth-order valence-corrected chi connectivity index (χ4v) is 3.23. The van der Waals surface area contributed by atoms with Gasteiger partial charge in [-0.05, 0) is 12.8 Å². The Bertz CT molecular complexity index is 853. The van der Waals surface area contributed by atoms with Crippen LogP contribution in [0.15, 0.2) is 53.3 Å². The number of rotatable bonds is 3. The minimum atomic E-state index is -0.0905. The molecule has 1 aliphatic rings. The largest absolute Gasteiger partial charge is 0.355 e. The average Bonchev–Trinajstić information content (AvgIpc) is 3.35. The Morgan fingerprint density at radius 2 is 2.12 bits per heavy atom. The van der Waals surface area contributed by atoms with Crippen LogP contribution < -0.4 is 0 Å². The van der Waals surface area contributed by atoms with Gasteiger partial charge in [-0.25, -0.2) is 0 Å². The Morgan fingerprint density at radius 3 is 2.88 bits per heavy atom. The van der Waals surface area contributed by atoms with Gasteiger partial charge in [-0.3, -0.25) is 9.48 Å². The van der Waals surface area contributed by atoms with E-state index in [-0.39, 0.29) is 11.9 Å². The van der Waals surface area contributed by atoms with Crippen molar-refractivity contribution in [1.82, 2.24) is 19.8 Å². The van der Waals surface area contributed by atoms with E-state index in [1.54, 1.807) is 10.7 Å². The van der Waals surface area contributed by atoms with Gasteiger partial charge in [-0.1, -0.05) is 35.5 Å². The van der Waals surface area contributed by atoms with Crippen LogP contribution in [0, 0.1) is 0 Å². The lowest BCUT2D eigenvalue weighted by Gasteiger charge is -2.22. The van der Waals surface area contributed by atoms with E-state index in [1.807, 2.05) is 54.7 Å². The second-order valence-electron chi connectivity index (χ2n) is 6.05. The van der Waals surface area contributed by atoms with Crippen LogP contribution in [0.2, 0.25) is 0 Å². The van der Waals surface area contributed by atoms with Gasteiger partial charge in [-0.15, -0.1) is 0 Å². The monoisotopic (exact) mass is 322 g/mol. The molecule has 1 aromatic carbocycles. The maximum Gasteiger partial charge on any atom is 0.276 e. The number of carbonyl (C=O) groups excluding carboxylic acids is 1. The zero-order valence-electron chi connectivity index (χ0n) is 13.4. The Morgan fingerprint density at radius 1 is 1.29 bits per heavy atom. The first kappa shape index (κ1) is 14.7. The maximum atomic E-state index is 12.9.